The number of hydrogen-bond donors (Lipinski definition) is 2. The molecule has 6 nitrogen and oxygen atoms in total. The van der Waals surface area contributed by atoms with Crippen LogP contribution < -0.4 is 10.2 Å². The highest BCUT2D eigenvalue weighted by molar-refractivity contribution is 7.91. The van der Waals surface area contributed by atoms with E-state index in [1.54, 1.807) is 11.4 Å². The lowest BCUT2D eigenvalue weighted by Gasteiger charge is -2.04. The van der Waals surface area contributed by atoms with E-state index in [1.807, 2.05) is 4.89 Å². The summed E-state index contributed by atoms with van der Waals surface area (Å²) in [4.78, 5) is 17.1. The molecule has 1 aromatic rings. The number of rotatable bonds is 5. The maximum absolute atomic E-state index is 11.4. The van der Waals surface area contributed by atoms with Crippen LogP contribution in [0.25, 0.3) is 0 Å². The second kappa shape index (κ2) is 5.21. The van der Waals surface area contributed by atoms with Crippen molar-refractivity contribution in [1.82, 2.24) is 10.2 Å². The fourth-order valence-corrected chi connectivity index (χ4v) is 2.48. The van der Waals surface area contributed by atoms with Crippen LogP contribution in [0.1, 0.15) is 0 Å². The van der Waals surface area contributed by atoms with Crippen molar-refractivity contribution >= 4 is 27.3 Å². The minimum atomic E-state index is -3.65. The van der Waals surface area contributed by atoms with Crippen molar-refractivity contribution in [3.05, 3.63) is 17.5 Å². The Balaban J connectivity index is 2.49. The SMILES string of the molecule is CNC(=O)CONS(=O)(=O)c1cccs1. The molecule has 0 aliphatic heterocycles. The standard InChI is InChI=1S/C7H10N2O4S2/c1-8-6(10)5-13-9-15(11,12)7-3-2-4-14-7/h2-4,9H,5H2,1H3,(H,8,10). The van der Waals surface area contributed by atoms with Crippen LogP contribution in [-0.4, -0.2) is 28.0 Å². The second-order valence-electron chi connectivity index (χ2n) is 2.48. The molecule has 84 valence electrons. The average Bonchev–Trinajstić information content (AvgIpc) is 2.70. The van der Waals surface area contributed by atoms with Crippen LogP contribution >= 0.6 is 11.3 Å². The van der Waals surface area contributed by atoms with Gasteiger partial charge in [-0.1, -0.05) is 11.0 Å². The number of sulfonamides is 1. The molecular weight excluding hydrogens is 240 g/mol. The molecule has 8 heteroatoms. The molecule has 0 saturated carbocycles. The van der Waals surface area contributed by atoms with E-state index in [0.717, 1.165) is 11.3 Å². The van der Waals surface area contributed by atoms with Gasteiger partial charge in [-0.05, 0) is 11.4 Å². The predicted octanol–water partition coefficient (Wildman–Crippen LogP) is -0.296. The van der Waals surface area contributed by atoms with Crippen LogP contribution in [0.2, 0.25) is 0 Å². The minimum absolute atomic E-state index is 0.138. The summed E-state index contributed by atoms with van der Waals surface area (Å²) in [5.74, 6) is -0.413. The summed E-state index contributed by atoms with van der Waals surface area (Å²) in [5, 5.41) is 3.92. The summed E-state index contributed by atoms with van der Waals surface area (Å²) in [6.07, 6.45) is 0. The highest BCUT2D eigenvalue weighted by Crippen LogP contribution is 2.14. The number of nitrogens with one attached hydrogen (secondary N) is 2. The van der Waals surface area contributed by atoms with Gasteiger partial charge in [0.15, 0.2) is 0 Å². The number of carbonyl (C=O) groups excluding carboxylic acids is 1. The molecule has 15 heavy (non-hydrogen) atoms. The van der Waals surface area contributed by atoms with E-state index >= 15 is 0 Å². The van der Waals surface area contributed by atoms with Gasteiger partial charge >= 0.3 is 0 Å². The Kier molecular flexibility index (Phi) is 4.21. The Morgan fingerprint density at radius 1 is 1.60 bits per heavy atom. The number of hydrogen-bond acceptors (Lipinski definition) is 5. The Bertz CT molecular complexity index is 412. The fourth-order valence-electron chi connectivity index (χ4n) is 0.702. The average molecular weight is 250 g/mol. The van der Waals surface area contributed by atoms with Gasteiger partial charge in [0.2, 0.25) is 5.91 Å². The van der Waals surface area contributed by atoms with Crippen LogP contribution in [0.15, 0.2) is 21.7 Å². The Morgan fingerprint density at radius 3 is 2.87 bits per heavy atom. The van der Waals surface area contributed by atoms with Gasteiger partial charge in [0.25, 0.3) is 10.0 Å². The van der Waals surface area contributed by atoms with Crippen LogP contribution in [0.3, 0.4) is 0 Å². The molecule has 1 amide bonds. The molecule has 0 radical (unpaired) electrons. The zero-order chi connectivity index (χ0) is 11.3. The van der Waals surface area contributed by atoms with E-state index in [0.29, 0.717) is 0 Å². The summed E-state index contributed by atoms with van der Waals surface area (Å²) in [7, 11) is -2.22. The monoisotopic (exact) mass is 250 g/mol. The van der Waals surface area contributed by atoms with Gasteiger partial charge in [-0.3, -0.25) is 9.63 Å². The first kappa shape index (κ1) is 12.1. The van der Waals surface area contributed by atoms with E-state index in [2.05, 4.69) is 10.2 Å². The van der Waals surface area contributed by atoms with Gasteiger partial charge in [0.1, 0.15) is 10.8 Å². The second-order valence-corrected chi connectivity index (χ2v) is 5.30. The smallest absolute Gasteiger partial charge is 0.271 e. The number of thiophene rings is 1. The van der Waals surface area contributed by atoms with Gasteiger partial charge < -0.3 is 5.32 Å². The molecular formula is C7H10N2O4S2. The molecule has 2 N–H and O–H groups in total. The lowest BCUT2D eigenvalue weighted by Crippen LogP contribution is -2.30. The Hall–Kier alpha value is -0.960. The topological polar surface area (TPSA) is 84.5 Å². The molecule has 1 rings (SSSR count). The Morgan fingerprint density at radius 2 is 2.33 bits per heavy atom. The lowest BCUT2D eigenvalue weighted by atomic mass is 10.7. The maximum Gasteiger partial charge on any atom is 0.271 e. The third-order valence-corrected chi connectivity index (χ3v) is 4.02. The largest absolute Gasteiger partial charge is 0.357 e. The first-order valence-corrected chi connectivity index (χ1v) is 6.30. The van der Waals surface area contributed by atoms with Crippen molar-refractivity contribution in [1.29, 1.82) is 0 Å². The van der Waals surface area contributed by atoms with Gasteiger partial charge in [0, 0.05) is 7.05 Å². The van der Waals surface area contributed by atoms with Crippen molar-refractivity contribution < 1.29 is 18.0 Å². The van der Waals surface area contributed by atoms with Gasteiger partial charge in [-0.25, -0.2) is 8.42 Å². The van der Waals surface area contributed by atoms with Crippen LogP contribution in [-0.2, 0) is 19.7 Å². The molecule has 0 saturated heterocycles. The summed E-state index contributed by atoms with van der Waals surface area (Å²) in [6.45, 7) is -0.360. The third-order valence-electron chi connectivity index (χ3n) is 1.41. The molecule has 0 aromatic carbocycles. The number of likely N-dealkylation sites (N-methyl/N-ethyl adjacent to an activating group) is 1. The highest BCUT2D eigenvalue weighted by Gasteiger charge is 2.15. The summed E-state index contributed by atoms with van der Waals surface area (Å²) in [5.41, 5.74) is 0. The predicted molar refractivity (Wildman–Crippen MR) is 54.7 cm³/mol. The molecule has 0 atom stereocenters. The molecule has 1 heterocycles. The first-order chi connectivity index (χ1) is 7.06. The highest BCUT2D eigenvalue weighted by atomic mass is 32.2. The summed E-state index contributed by atoms with van der Waals surface area (Å²) < 4.78 is 22.9. The van der Waals surface area contributed by atoms with Gasteiger partial charge in [0.05, 0.1) is 0 Å². The van der Waals surface area contributed by atoms with E-state index in [9.17, 15) is 13.2 Å². The van der Waals surface area contributed by atoms with Crippen molar-refractivity contribution in [3.63, 3.8) is 0 Å². The summed E-state index contributed by atoms with van der Waals surface area (Å²) >= 11 is 1.06. The van der Waals surface area contributed by atoms with E-state index in [1.165, 1.54) is 13.1 Å². The minimum Gasteiger partial charge on any atom is -0.357 e. The zero-order valence-corrected chi connectivity index (χ0v) is 9.52. The first-order valence-electron chi connectivity index (χ1n) is 3.94. The van der Waals surface area contributed by atoms with Crippen molar-refractivity contribution in [2.75, 3.05) is 13.7 Å². The van der Waals surface area contributed by atoms with Gasteiger partial charge in [-0.2, -0.15) is 0 Å². The normalized spacial score (nSPS) is 11.3. The van der Waals surface area contributed by atoms with Crippen LogP contribution in [0.5, 0.6) is 0 Å². The third kappa shape index (κ3) is 3.59. The number of carbonyl (C=O) groups is 1. The van der Waals surface area contributed by atoms with E-state index < -0.39 is 15.9 Å². The van der Waals surface area contributed by atoms with Crippen molar-refractivity contribution in [3.8, 4) is 0 Å². The van der Waals surface area contributed by atoms with Gasteiger partial charge in [-0.15, -0.1) is 11.3 Å². The fraction of sp³-hybridized carbons (Fsp3) is 0.286. The van der Waals surface area contributed by atoms with Crippen molar-refractivity contribution in [2.45, 2.75) is 4.21 Å². The number of amides is 1. The van der Waals surface area contributed by atoms with E-state index in [-0.39, 0.29) is 10.8 Å². The quantitative estimate of drug-likeness (QED) is 0.703. The zero-order valence-electron chi connectivity index (χ0n) is 7.89. The van der Waals surface area contributed by atoms with Crippen LogP contribution in [0, 0.1) is 0 Å². The molecule has 0 aliphatic rings. The summed E-state index contributed by atoms with van der Waals surface area (Å²) in [6, 6.07) is 3.05. The van der Waals surface area contributed by atoms with E-state index in [4.69, 9.17) is 0 Å². The van der Waals surface area contributed by atoms with Crippen LogP contribution in [0.4, 0.5) is 0 Å². The molecule has 0 unspecified atom stereocenters. The molecule has 0 fully saturated rings. The lowest BCUT2D eigenvalue weighted by molar-refractivity contribution is -0.126. The molecule has 0 aliphatic carbocycles. The molecule has 0 bridgehead atoms. The molecule has 1 aromatic heterocycles. The Labute approximate surface area is 91.3 Å². The van der Waals surface area contributed by atoms with Crippen molar-refractivity contribution in [2.24, 2.45) is 0 Å². The maximum atomic E-state index is 11.4. The molecule has 0 spiro atoms.